The Labute approximate surface area is 121 Å². The molecule has 106 valence electrons. The molecule has 0 saturated carbocycles. The first-order valence-electron chi connectivity index (χ1n) is 6.92. The standard InChI is InChI=1S/C15H17NO3S/c1-3-8-5-4-6-9-11(8)12-13(17)10(15(18)19)7(2)16-14(12)20-9/h8H,3-6H2,1-2H3,(H,16,17)(H,18,19). The van der Waals surface area contributed by atoms with Gasteiger partial charge in [-0.05, 0) is 44.1 Å². The van der Waals surface area contributed by atoms with Crippen LogP contribution < -0.4 is 0 Å². The number of thiophene rings is 1. The lowest BCUT2D eigenvalue weighted by Gasteiger charge is -2.21. The third kappa shape index (κ3) is 1.80. The molecule has 5 heteroatoms. The molecule has 0 spiro atoms. The van der Waals surface area contributed by atoms with E-state index in [1.165, 1.54) is 4.88 Å². The molecule has 4 nitrogen and oxygen atoms in total. The fraction of sp³-hybridized carbons (Fsp3) is 0.467. The molecule has 1 aliphatic rings. The van der Waals surface area contributed by atoms with Crippen molar-refractivity contribution >= 4 is 27.5 Å². The Morgan fingerprint density at radius 2 is 2.25 bits per heavy atom. The summed E-state index contributed by atoms with van der Waals surface area (Å²) in [6, 6.07) is 0. The first-order chi connectivity index (χ1) is 9.54. The maximum Gasteiger partial charge on any atom is 0.341 e. The van der Waals surface area contributed by atoms with Gasteiger partial charge in [-0.15, -0.1) is 11.3 Å². The van der Waals surface area contributed by atoms with Crippen molar-refractivity contribution in [3.05, 3.63) is 21.7 Å². The summed E-state index contributed by atoms with van der Waals surface area (Å²) in [6.07, 6.45) is 4.28. The van der Waals surface area contributed by atoms with Gasteiger partial charge in [0, 0.05) is 4.88 Å². The van der Waals surface area contributed by atoms with Gasteiger partial charge in [0.2, 0.25) is 0 Å². The van der Waals surface area contributed by atoms with Crippen LogP contribution in [0.15, 0.2) is 0 Å². The molecule has 2 heterocycles. The molecule has 20 heavy (non-hydrogen) atoms. The summed E-state index contributed by atoms with van der Waals surface area (Å²) >= 11 is 1.60. The van der Waals surface area contributed by atoms with E-state index < -0.39 is 5.97 Å². The highest BCUT2D eigenvalue weighted by molar-refractivity contribution is 7.19. The Bertz CT molecular complexity index is 705. The van der Waals surface area contributed by atoms with Gasteiger partial charge in [-0.1, -0.05) is 6.92 Å². The third-order valence-electron chi connectivity index (χ3n) is 4.18. The highest BCUT2D eigenvalue weighted by Gasteiger charge is 2.29. The number of aryl methyl sites for hydroxylation is 2. The summed E-state index contributed by atoms with van der Waals surface area (Å²) in [7, 11) is 0. The summed E-state index contributed by atoms with van der Waals surface area (Å²) in [6.45, 7) is 3.78. The van der Waals surface area contributed by atoms with Crippen molar-refractivity contribution in [2.45, 2.75) is 45.4 Å². The number of aromatic hydroxyl groups is 1. The minimum atomic E-state index is -1.11. The van der Waals surface area contributed by atoms with Gasteiger partial charge in [-0.2, -0.15) is 0 Å². The third-order valence-corrected chi connectivity index (χ3v) is 5.34. The van der Waals surface area contributed by atoms with Crippen LogP contribution in [-0.4, -0.2) is 21.2 Å². The molecule has 0 saturated heterocycles. The molecule has 3 rings (SSSR count). The van der Waals surface area contributed by atoms with Crippen molar-refractivity contribution in [3.8, 4) is 5.75 Å². The minimum absolute atomic E-state index is 0.0569. The molecule has 0 aliphatic heterocycles. The van der Waals surface area contributed by atoms with Gasteiger partial charge in [-0.3, -0.25) is 0 Å². The quantitative estimate of drug-likeness (QED) is 0.882. The van der Waals surface area contributed by atoms with E-state index in [0.29, 0.717) is 17.0 Å². The van der Waals surface area contributed by atoms with Crippen molar-refractivity contribution < 1.29 is 15.0 Å². The van der Waals surface area contributed by atoms with Crippen LogP contribution in [0.2, 0.25) is 0 Å². The SMILES string of the molecule is CCC1CCCc2sc3nc(C)c(C(=O)O)c(O)c3c21. The lowest BCUT2D eigenvalue weighted by Crippen LogP contribution is -2.07. The lowest BCUT2D eigenvalue weighted by atomic mass is 9.84. The predicted molar refractivity (Wildman–Crippen MR) is 79.0 cm³/mol. The number of aromatic nitrogens is 1. The van der Waals surface area contributed by atoms with Crippen molar-refractivity contribution in [1.29, 1.82) is 0 Å². The highest BCUT2D eigenvalue weighted by Crippen LogP contribution is 2.47. The fourth-order valence-electron chi connectivity index (χ4n) is 3.22. The van der Waals surface area contributed by atoms with Gasteiger partial charge < -0.3 is 10.2 Å². The number of hydrogen-bond donors (Lipinski definition) is 2. The van der Waals surface area contributed by atoms with Crippen LogP contribution in [0.3, 0.4) is 0 Å². The second-order valence-electron chi connectivity index (χ2n) is 5.34. The van der Waals surface area contributed by atoms with E-state index in [9.17, 15) is 15.0 Å². The molecular weight excluding hydrogens is 274 g/mol. The van der Waals surface area contributed by atoms with Crippen molar-refractivity contribution in [2.24, 2.45) is 0 Å². The van der Waals surface area contributed by atoms with Crippen molar-refractivity contribution in [3.63, 3.8) is 0 Å². The van der Waals surface area contributed by atoms with Gasteiger partial charge in [0.15, 0.2) is 0 Å². The molecule has 2 aromatic rings. The van der Waals surface area contributed by atoms with E-state index in [1.807, 2.05) is 0 Å². The number of carboxylic acids is 1. The summed E-state index contributed by atoms with van der Waals surface area (Å²) in [5, 5.41) is 20.4. The Balaban J connectivity index is 2.38. The predicted octanol–water partition coefficient (Wildman–Crippen LogP) is 3.84. The van der Waals surface area contributed by atoms with Crippen LogP contribution in [0.5, 0.6) is 5.75 Å². The number of aromatic carboxylic acids is 1. The summed E-state index contributed by atoms with van der Waals surface area (Å²) in [4.78, 5) is 17.8. The Morgan fingerprint density at radius 3 is 2.90 bits per heavy atom. The fourth-order valence-corrected chi connectivity index (χ4v) is 4.57. The van der Waals surface area contributed by atoms with Gasteiger partial charge in [0.25, 0.3) is 0 Å². The first-order valence-corrected chi connectivity index (χ1v) is 7.74. The molecule has 1 atom stereocenters. The molecule has 0 aromatic carbocycles. The maximum atomic E-state index is 11.3. The van der Waals surface area contributed by atoms with Gasteiger partial charge >= 0.3 is 5.97 Å². The topological polar surface area (TPSA) is 70.4 Å². The van der Waals surface area contributed by atoms with E-state index >= 15 is 0 Å². The van der Waals surface area contributed by atoms with Gasteiger partial charge in [0.05, 0.1) is 11.1 Å². The molecule has 0 bridgehead atoms. The smallest absolute Gasteiger partial charge is 0.341 e. The summed E-state index contributed by atoms with van der Waals surface area (Å²) in [5.41, 5.74) is 1.47. The molecule has 2 N–H and O–H groups in total. The number of carboxylic acid groups (broad SMARTS) is 1. The van der Waals surface area contributed by atoms with Crippen molar-refractivity contribution in [2.75, 3.05) is 0 Å². The molecule has 0 fully saturated rings. The zero-order valence-electron chi connectivity index (χ0n) is 11.6. The zero-order chi connectivity index (χ0) is 14.4. The molecule has 1 aliphatic carbocycles. The normalized spacial score (nSPS) is 18.2. The minimum Gasteiger partial charge on any atom is -0.506 e. The number of carbonyl (C=O) groups is 1. The van der Waals surface area contributed by atoms with E-state index in [-0.39, 0.29) is 11.3 Å². The van der Waals surface area contributed by atoms with Crippen LogP contribution in [-0.2, 0) is 6.42 Å². The molecule has 0 radical (unpaired) electrons. The van der Waals surface area contributed by atoms with Crippen LogP contribution >= 0.6 is 11.3 Å². The summed E-state index contributed by atoms with van der Waals surface area (Å²) in [5.74, 6) is -0.805. The molecule has 1 unspecified atom stereocenters. The van der Waals surface area contributed by atoms with E-state index in [2.05, 4.69) is 11.9 Å². The lowest BCUT2D eigenvalue weighted by molar-refractivity contribution is 0.0692. The zero-order valence-corrected chi connectivity index (χ0v) is 12.4. The number of rotatable bonds is 2. The van der Waals surface area contributed by atoms with Crippen LogP contribution in [0.1, 0.15) is 58.6 Å². The van der Waals surface area contributed by atoms with Crippen molar-refractivity contribution in [1.82, 2.24) is 4.98 Å². The van der Waals surface area contributed by atoms with Crippen LogP contribution in [0, 0.1) is 6.92 Å². The maximum absolute atomic E-state index is 11.3. The number of fused-ring (bicyclic) bond motifs is 3. The van der Waals surface area contributed by atoms with E-state index in [4.69, 9.17) is 0 Å². The van der Waals surface area contributed by atoms with E-state index in [1.54, 1.807) is 18.3 Å². The Hall–Kier alpha value is -1.62. The number of nitrogens with zero attached hydrogens (tertiary/aromatic N) is 1. The first kappa shape index (κ1) is 13.4. The average Bonchev–Trinajstić information content (AvgIpc) is 2.75. The van der Waals surface area contributed by atoms with Crippen LogP contribution in [0.25, 0.3) is 10.2 Å². The summed E-state index contributed by atoms with van der Waals surface area (Å²) < 4.78 is 0. The van der Waals surface area contributed by atoms with Gasteiger partial charge in [-0.25, -0.2) is 9.78 Å². The Morgan fingerprint density at radius 1 is 1.50 bits per heavy atom. The molecule has 2 aromatic heterocycles. The number of hydrogen-bond acceptors (Lipinski definition) is 4. The number of pyridine rings is 1. The van der Waals surface area contributed by atoms with Gasteiger partial charge in [0.1, 0.15) is 16.1 Å². The molecular formula is C15H17NO3S. The van der Waals surface area contributed by atoms with E-state index in [0.717, 1.165) is 36.1 Å². The second-order valence-corrected chi connectivity index (χ2v) is 6.43. The Kier molecular flexibility index (Phi) is 3.17. The second kappa shape index (κ2) is 4.74. The van der Waals surface area contributed by atoms with Crippen LogP contribution in [0.4, 0.5) is 0 Å². The monoisotopic (exact) mass is 291 g/mol. The largest absolute Gasteiger partial charge is 0.506 e. The molecule has 0 amide bonds. The average molecular weight is 291 g/mol. The highest BCUT2D eigenvalue weighted by atomic mass is 32.1.